The molecular weight excluding hydrogens is 378 g/mol. The number of aromatic nitrogens is 2. The third-order valence-corrected chi connectivity index (χ3v) is 5.15. The van der Waals surface area contributed by atoms with Crippen LogP contribution >= 0.6 is 0 Å². The quantitative estimate of drug-likeness (QED) is 0.382. The third kappa shape index (κ3) is 6.88. The molecule has 1 N–H and O–H groups in total. The minimum atomic E-state index is 0.622. The van der Waals surface area contributed by atoms with E-state index >= 15 is 0 Å². The Balaban J connectivity index is 1.28. The highest BCUT2D eigenvalue weighted by atomic mass is 16.5. The van der Waals surface area contributed by atoms with Crippen LogP contribution in [0.4, 0.5) is 5.95 Å². The monoisotopic (exact) mass is 411 g/mol. The van der Waals surface area contributed by atoms with E-state index in [1.54, 1.807) is 12.4 Å². The van der Waals surface area contributed by atoms with Gasteiger partial charge in [-0.25, -0.2) is 9.97 Å². The number of hydrogen-bond acceptors (Lipinski definition) is 6. The number of ether oxygens (including phenoxy) is 1. The molecule has 3 rings (SSSR count). The number of rotatable bonds is 9. The summed E-state index contributed by atoms with van der Waals surface area (Å²) in [5.74, 6) is 2.63. The Kier molecular flexibility index (Phi) is 8.71. The summed E-state index contributed by atoms with van der Waals surface area (Å²) in [6.45, 7) is 7.42. The van der Waals surface area contributed by atoms with E-state index < -0.39 is 0 Å². The van der Waals surface area contributed by atoms with Crippen LogP contribution in [0.3, 0.4) is 0 Å². The maximum absolute atomic E-state index is 5.77. The van der Waals surface area contributed by atoms with Crippen molar-refractivity contribution in [2.24, 2.45) is 4.99 Å². The summed E-state index contributed by atoms with van der Waals surface area (Å²) in [7, 11) is 3.86. The lowest BCUT2D eigenvalue weighted by atomic mass is 10.3. The van der Waals surface area contributed by atoms with Gasteiger partial charge in [0.25, 0.3) is 0 Å². The van der Waals surface area contributed by atoms with Gasteiger partial charge in [0, 0.05) is 59.2 Å². The maximum Gasteiger partial charge on any atom is 0.225 e. The molecule has 1 aromatic heterocycles. The highest BCUT2D eigenvalue weighted by molar-refractivity contribution is 5.79. The fraction of sp³-hybridized carbons (Fsp3) is 0.500. The molecular formula is C22H33N7O. The third-order valence-electron chi connectivity index (χ3n) is 5.15. The van der Waals surface area contributed by atoms with Crippen molar-refractivity contribution in [1.29, 1.82) is 0 Å². The molecule has 2 heterocycles. The molecule has 0 radical (unpaired) electrons. The van der Waals surface area contributed by atoms with Crippen molar-refractivity contribution in [3.05, 3.63) is 48.8 Å². The SMILES string of the molecule is CN=C(NCCCN1CCN(c2ncccn2)CC1)N(C)CCOc1ccccc1. The Bertz CT molecular complexity index is 749. The number of likely N-dealkylation sites (N-methyl/N-ethyl adjacent to an activating group) is 1. The Hall–Kier alpha value is -2.87. The molecule has 8 nitrogen and oxygen atoms in total. The molecule has 0 unspecified atom stereocenters. The van der Waals surface area contributed by atoms with Gasteiger partial charge in [0.15, 0.2) is 5.96 Å². The van der Waals surface area contributed by atoms with Crippen molar-refractivity contribution < 1.29 is 4.74 Å². The lowest BCUT2D eigenvalue weighted by molar-refractivity contribution is 0.253. The minimum Gasteiger partial charge on any atom is -0.492 e. The second-order valence-electron chi connectivity index (χ2n) is 7.29. The number of anilines is 1. The number of nitrogens with one attached hydrogen (secondary N) is 1. The predicted octanol–water partition coefficient (Wildman–Crippen LogP) is 1.57. The molecule has 0 saturated carbocycles. The lowest BCUT2D eigenvalue weighted by Crippen LogP contribution is -2.48. The first-order valence-corrected chi connectivity index (χ1v) is 10.6. The average molecular weight is 412 g/mol. The Morgan fingerprint density at radius 3 is 2.53 bits per heavy atom. The molecule has 0 atom stereocenters. The zero-order valence-electron chi connectivity index (χ0n) is 18.1. The predicted molar refractivity (Wildman–Crippen MR) is 121 cm³/mol. The molecule has 1 fully saturated rings. The van der Waals surface area contributed by atoms with Gasteiger partial charge in [0.1, 0.15) is 12.4 Å². The molecule has 30 heavy (non-hydrogen) atoms. The summed E-state index contributed by atoms with van der Waals surface area (Å²) in [5, 5.41) is 3.46. The Morgan fingerprint density at radius 1 is 1.10 bits per heavy atom. The second-order valence-corrected chi connectivity index (χ2v) is 7.29. The van der Waals surface area contributed by atoms with E-state index in [0.717, 1.165) is 69.9 Å². The first kappa shape index (κ1) is 21.8. The van der Waals surface area contributed by atoms with Crippen LogP contribution in [0.5, 0.6) is 5.75 Å². The van der Waals surface area contributed by atoms with Crippen molar-refractivity contribution in [2.45, 2.75) is 6.42 Å². The summed E-state index contributed by atoms with van der Waals surface area (Å²) >= 11 is 0. The highest BCUT2D eigenvalue weighted by Gasteiger charge is 2.18. The van der Waals surface area contributed by atoms with Gasteiger partial charge in [-0.2, -0.15) is 0 Å². The van der Waals surface area contributed by atoms with E-state index in [2.05, 4.69) is 35.0 Å². The van der Waals surface area contributed by atoms with Gasteiger partial charge in [0.2, 0.25) is 5.95 Å². The zero-order chi connectivity index (χ0) is 21.0. The van der Waals surface area contributed by atoms with Crippen molar-refractivity contribution >= 4 is 11.9 Å². The van der Waals surface area contributed by atoms with Crippen molar-refractivity contribution in [2.75, 3.05) is 71.4 Å². The number of para-hydroxylation sites is 1. The summed E-state index contributed by atoms with van der Waals surface area (Å²) < 4.78 is 5.77. The van der Waals surface area contributed by atoms with Crippen molar-refractivity contribution in [1.82, 2.24) is 25.1 Å². The molecule has 0 aliphatic carbocycles. The highest BCUT2D eigenvalue weighted by Crippen LogP contribution is 2.10. The maximum atomic E-state index is 5.77. The molecule has 162 valence electrons. The zero-order valence-corrected chi connectivity index (χ0v) is 18.1. The number of nitrogens with zero attached hydrogens (tertiary/aromatic N) is 6. The average Bonchev–Trinajstić information content (AvgIpc) is 2.81. The van der Waals surface area contributed by atoms with E-state index in [4.69, 9.17) is 4.74 Å². The fourth-order valence-corrected chi connectivity index (χ4v) is 3.44. The summed E-state index contributed by atoms with van der Waals surface area (Å²) in [6, 6.07) is 11.7. The lowest BCUT2D eigenvalue weighted by Gasteiger charge is -2.34. The van der Waals surface area contributed by atoms with Crippen LogP contribution in [0.15, 0.2) is 53.8 Å². The number of piperazine rings is 1. The van der Waals surface area contributed by atoms with E-state index in [0.29, 0.717) is 6.61 Å². The summed E-state index contributed by atoms with van der Waals surface area (Å²) in [5.41, 5.74) is 0. The Labute approximate surface area is 179 Å². The van der Waals surface area contributed by atoms with Gasteiger partial charge < -0.3 is 19.9 Å². The molecule has 1 aromatic carbocycles. The van der Waals surface area contributed by atoms with Crippen molar-refractivity contribution in [3.8, 4) is 5.75 Å². The smallest absolute Gasteiger partial charge is 0.225 e. The largest absolute Gasteiger partial charge is 0.492 e. The summed E-state index contributed by atoms with van der Waals surface area (Å²) in [4.78, 5) is 19.9. The minimum absolute atomic E-state index is 0.622. The number of benzene rings is 1. The van der Waals surface area contributed by atoms with E-state index in [9.17, 15) is 0 Å². The first-order valence-electron chi connectivity index (χ1n) is 10.6. The first-order chi connectivity index (χ1) is 14.8. The molecule has 1 aliphatic heterocycles. The van der Waals surface area contributed by atoms with Crippen LogP contribution in [0.1, 0.15) is 6.42 Å². The number of aliphatic imine (C=N–C) groups is 1. The van der Waals surface area contributed by atoms with Crippen LogP contribution < -0.4 is 15.0 Å². The van der Waals surface area contributed by atoms with Crippen LogP contribution in [-0.4, -0.2) is 92.2 Å². The van der Waals surface area contributed by atoms with Gasteiger partial charge >= 0.3 is 0 Å². The van der Waals surface area contributed by atoms with Gasteiger partial charge in [-0.15, -0.1) is 0 Å². The van der Waals surface area contributed by atoms with E-state index in [1.165, 1.54) is 0 Å². The normalized spacial score (nSPS) is 15.1. The van der Waals surface area contributed by atoms with Crippen LogP contribution in [-0.2, 0) is 0 Å². The molecule has 0 amide bonds. The van der Waals surface area contributed by atoms with Gasteiger partial charge in [-0.05, 0) is 31.2 Å². The van der Waals surface area contributed by atoms with Crippen LogP contribution in [0.25, 0.3) is 0 Å². The molecule has 1 saturated heterocycles. The standard InChI is InChI=1S/C22H33N7O/c1-23-21(27(2)18-19-30-20-8-4-3-5-9-20)24-12-7-13-28-14-16-29(17-15-28)22-25-10-6-11-26-22/h3-6,8-11H,7,12-19H2,1-2H3,(H,23,24). The number of hydrogen-bond donors (Lipinski definition) is 1. The van der Waals surface area contributed by atoms with Gasteiger partial charge in [0.05, 0.1) is 6.54 Å². The molecule has 8 heteroatoms. The van der Waals surface area contributed by atoms with Gasteiger partial charge in [-0.1, -0.05) is 18.2 Å². The molecule has 0 spiro atoms. The molecule has 1 aliphatic rings. The Morgan fingerprint density at radius 2 is 1.83 bits per heavy atom. The number of guanidine groups is 1. The molecule has 2 aromatic rings. The summed E-state index contributed by atoms with van der Waals surface area (Å²) in [6.07, 6.45) is 4.69. The van der Waals surface area contributed by atoms with E-state index in [-0.39, 0.29) is 0 Å². The van der Waals surface area contributed by atoms with Crippen LogP contribution in [0, 0.1) is 0 Å². The fourth-order valence-electron chi connectivity index (χ4n) is 3.44. The second kappa shape index (κ2) is 12.0. The van der Waals surface area contributed by atoms with Gasteiger partial charge in [-0.3, -0.25) is 9.89 Å². The topological polar surface area (TPSA) is 69.1 Å². The van der Waals surface area contributed by atoms with Crippen LogP contribution in [0.2, 0.25) is 0 Å². The molecule has 0 bridgehead atoms. The van der Waals surface area contributed by atoms with Crippen molar-refractivity contribution in [3.63, 3.8) is 0 Å². The van der Waals surface area contributed by atoms with E-state index in [1.807, 2.05) is 50.5 Å².